The lowest BCUT2D eigenvalue weighted by Crippen LogP contribution is -2.41. The third kappa shape index (κ3) is 3.28. The van der Waals surface area contributed by atoms with Crippen molar-refractivity contribution < 1.29 is 14.1 Å². The molecule has 1 fully saturated rings. The van der Waals surface area contributed by atoms with Gasteiger partial charge in [0.25, 0.3) is 5.91 Å². The molecule has 0 bridgehead atoms. The van der Waals surface area contributed by atoms with Gasteiger partial charge >= 0.3 is 0 Å². The van der Waals surface area contributed by atoms with Crippen molar-refractivity contribution in [1.82, 2.24) is 19.6 Å². The lowest BCUT2D eigenvalue weighted by molar-refractivity contribution is 0.0579. The maximum absolute atomic E-state index is 12.7. The van der Waals surface area contributed by atoms with Gasteiger partial charge in [0.15, 0.2) is 0 Å². The number of hydrogen-bond acceptors (Lipinski definition) is 5. The van der Waals surface area contributed by atoms with Crippen LogP contribution in [-0.4, -0.2) is 38.7 Å². The maximum Gasteiger partial charge on any atom is 0.293 e. The molecule has 1 saturated carbocycles. The van der Waals surface area contributed by atoms with Gasteiger partial charge in [-0.05, 0) is 32.6 Å². The fraction of sp³-hybridized carbons (Fsp3) is 0.632. The van der Waals surface area contributed by atoms with Crippen LogP contribution in [0.4, 0.5) is 0 Å². The third-order valence-corrected chi connectivity index (χ3v) is 5.55. The number of fused-ring (bicyclic) bond motifs is 1. The zero-order valence-electron chi connectivity index (χ0n) is 15.5. The molecule has 7 heteroatoms. The Labute approximate surface area is 153 Å². The molecule has 2 aromatic heterocycles. The van der Waals surface area contributed by atoms with Crippen LogP contribution in [0.15, 0.2) is 16.8 Å². The Hall–Kier alpha value is -2.15. The normalized spacial score (nSPS) is 20.5. The first-order chi connectivity index (χ1) is 12.6. The Balaban J connectivity index is 1.41. The molecule has 0 radical (unpaired) electrons. The summed E-state index contributed by atoms with van der Waals surface area (Å²) in [5.74, 6) is 1.78. The van der Waals surface area contributed by atoms with E-state index in [1.807, 2.05) is 20.0 Å². The minimum atomic E-state index is -0.133. The Kier molecular flexibility index (Phi) is 4.80. The van der Waals surface area contributed by atoms with Gasteiger partial charge in [0, 0.05) is 25.8 Å². The molecule has 3 heterocycles. The van der Waals surface area contributed by atoms with E-state index >= 15 is 0 Å². The van der Waals surface area contributed by atoms with Crippen molar-refractivity contribution in [3.05, 3.63) is 35.2 Å². The second-order valence-electron chi connectivity index (χ2n) is 7.43. The topological polar surface area (TPSA) is 73.4 Å². The Bertz CT molecular complexity index is 776. The van der Waals surface area contributed by atoms with Crippen LogP contribution in [0, 0.1) is 12.8 Å². The molecule has 1 amide bonds. The minimum absolute atomic E-state index is 0.106. The third-order valence-electron chi connectivity index (χ3n) is 5.55. The average molecular weight is 358 g/mol. The van der Waals surface area contributed by atoms with Gasteiger partial charge in [-0.15, -0.1) is 0 Å². The summed E-state index contributed by atoms with van der Waals surface area (Å²) in [4.78, 5) is 19.0. The van der Waals surface area contributed by atoms with Gasteiger partial charge in [-0.1, -0.05) is 18.0 Å². The number of hydrogen-bond donors (Lipinski definition) is 0. The fourth-order valence-corrected chi connectivity index (χ4v) is 4.07. The van der Waals surface area contributed by atoms with Gasteiger partial charge in [-0.25, -0.2) is 4.98 Å². The van der Waals surface area contributed by atoms with E-state index in [4.69, 9.17) is 9.26 Å². The highest BCUT2D eigenvalue weighted by molar-refractivity contribution is 5.91. The number of carbonyl (C=O) groups is 1. The quantitative estimate of drug-likeness (QED) is 0.821. The van der Waals surface area contributed by atoms with Crippen LogP contribution in [0.3, 0.4) is 0 Å². The first kappa shape index (κ1) is 17.3. The van der Waals surface area contributed by atoms with Crippen LogP contribution in [0.5, 0.6) is 0 Å². The lowest BCUT2D eigenvalue weighted by Gasteiger charge is -2.33. The molecule has 26 heavy (non-hydrogen) atoms. The molecule has 2 aliphatic rings. The Morgan fingerprint density at radius 1 is 1.35 bits per heavy atom. The van der Waals surface area contributed by atoms with Crippen LogP contribution in [0.2, 0.25) is 0 Å². The summed E-state index contributed by atoms with van der Waals surface area (Å²) >= 11 is 0. The molecule has 0 saturated heterocycles. The molecule has 0 unspecified atom stereocenters. The van der Waals surface area contributed by atoms with Crippen molar-refractivity contribution in [3.8, 4) is 0 Å². The molecule has 1 aliphatic heterocycles. The summed E-state index contributed by atoms with van der Waals surface area (Å²) in [5.41, 5.74) is 1.80. The van der Waals surface area contributed by atoms with E-state index in [2.05, 4.69) is 14.7 Å². The second kappa shape index (κ2) is 7.23. The molecule has 0 aromatic carbocycles. The highest BCUT2D eigenvalue weighted by atomic mass is 16.5. The first-order valence-corrected chi connectivity index (χ1v) is 9.50. The smallest absolute Gasteiger partial charge is 0.293 e. The predicted octanol–water partition coefficient (Wildman–Crippen LogP) is 3.10. The number of amides is 1. The highest BCUT2D eigenvalue weighted by Crippen LogP contribution is 2.28. The zero-order chi connectivity index (χ0) is 18.1. The van der Waals surface area contributed by atoms with Gasteiger partial charge in [-0.2, -0.15) is 0 Å². The van der Waals surface area contributed by atoms with E-state index in [9.17, 15) is 4.79 Å². The molecule has 7 nitrogen and oxygen atoms in total. The zero-order valence-corrected chi connectivity index (χ0v) is 15.5. The standard InChI is InChI=1S/C19H26N4O3/c1-13-9-17(26-21-13)19(24)22-7-8-23-16(10-20-18(23)14(22)2)12-25-11-15-5-3-4-6-15/h9-10,14-15H,3-8,11-12H2,1-2H3/t14-/m1/s1. The number of aryl methyl sites for hydroxylation is 1. The summed E-state index contributed by atoms with van der Waals surface area (Å²) in [6.07, 6.45) is 7.14. The van der Waals surface area contributed by atoms with Crippen LogP contribution in [0.25, 0.3) is 0 Å². The first-order valence-electron chi connectivity index (χ1n) is 9.50. The van der Waals surface area contributed by atoms with Gasteiger partial charge < -0.3 is 18.7 Å². The van der Waals surface area contributed by atoms with E-state index < -0.39 is 0 Å². The van der Waals surface area contributed by atoms with Crippen molar-refractivity contribution in [2.24, 2.45) is 5.92 Å². The molecule has 0 spiro atoms. The van der Waals surface area contributed by atoms with Crippen molar-refractivity contribution in [2.45, 2.75) is 58.7 Å². The van der Waals surface area contributed by atoms with Crippen molar-refractivity contribution in [1.29, 1.82) is 0 Å². The van der Waals surface area contributed by atoms with E-state index in [0.717, 1.165) is 30.6 Å². The summed E-state index contributed by atoms with van der Waals surface area (Å²) < 4.78 is 13.3. The van der Waals surface area contributed by atoms with Gasteiger partial charge in [-0.3, -0.25) is 4.79 Å². The molecular weight excluding hydrogens is 332 g/mol. The molecule has 4 rings (SSSR count). The Morgan fingerprint density at radius 2 is 2.15 bits per heavy atom. The van der Waals surface area contributed by atoms with E-state index in [1.54, 1.807) is 11.0 Å². The van der Waals surface area contributed by atoms with Crippen molar-refractivity contribution >= 4 is 5.91 Å². The number of imidazole rings is 1. The maximum atomic E-state index is 12.7. The van der Waals surface area contributed by atoms with Crippen LogP contribution >= 0.6 is 0 Å². The second-order valence-corrected chi connectivity index (χ2v) is 7.43. The van der Waals surface area contributed by atoms with E-state index in [1.165, 1.54) is 25.7 Å². The predicted molar refractivity (Wildman–Crippen MR) is 94.5 cm³/mol. The van der Waals surface area contributed by atoms with Crippen molar-refractivity contribution in [3.63, 3.8) is 0 Å². The number of carbonyl (C=O) groups excluding carboxylic acids is 1. The molecule has 2 aromatic rings. The van der Waals surface area contributed by atoms with Crippen LogP contribution in [0.1, 0.15) is 66.4 Å². The SMILES string of the molecule is Cc1cc(C(=O)N2CCn3c(COCC4CCCC4)cnc3[C@H]2C)on1. The fourth-order valence-electron chi connectivity index (χ4n) is 4.07. The van der Waals surface area contributed by atoms with Crippen molar-refractivity contribution in [2.75, 3.05) is 13.2 Å². The number of rotatable bonds is 5. The summed E-state index contributed by atoms with van der Waals surface area (Å²) in [6.45, 7) is 6.59. The lowest BCUT2D eigenvalue weighted by atomic mass is 10.1. The summed E-state index contributed by atoms with van der Waals surface area (Å²) in [7, 11) is 0. The van der Waals surface area contributed by atoms with Gasteiger partial charge in [0.05, 0.1) is 30.2 Å². The van der Waals surface area contributed by atoms with E-state index in [-0.39, 0.29) is 17.7 Å². The largest absolute Gasteiger partial charge is 0.375 e. The van der Waals surface area contributed by atoms with Crippen LogP contribution in [-0.2, 0) is 17.9 Å². The average Bonchev–Trinajstić information content (AvgIpc) is 3.36. The van der Waals surface area contributed by atoms with Crippen LogP contribution < -0.4 is 0 Å². The molecular formula is C19H26N4O3. The minimum Gasteiger partial charge on any atom is -0.375 e. The molecule has 1 atom stereocenters. The monoisotopic (exact) mass is 358 g/mol. The summed E-state index contributed by atoms with van der Waals surface area (Å²) in [5, 5.41) is 3.81. The number of ether oxygens (including phenoxy) is 1. The number of aromatic nitrogens is 3. The summed E-state index contributed by atoms with van der Waals surface area (Å²) in [6, 6.07) is 1.57. The Morgan fingerprint density at radius 3 is 2.88 bits per heavy atom. The highest BCUT2D eigenvalue weighted by Gasteiger charge is 2.32. The van der Waals surface area contributed by atoms with Gasteiger partial charge in [0.2, 0.25) is 5.76 Å². The number of nitrogens with zero attached hydrogens (tertiary/aromatic N) is 4. The molecule has 0 N–H and O–H groups in total. The van der Waals surface area contributed by atoms with Gasteiger partial charge in [0.1, 0.15) is 5.82 Å². The van der Waals surface area contributed by atoms with E-state index in [0.29, 0.717) is 18.8 Å². The molecule has 1 aliphatic carbocycles. The molecule has 140 valence electrons.